The summed E-state index contributed by atoms with van der Waals surface area (Å²) in [6, 6.07) is 3.39. The van der Waals surface area contributed by atoms with E-state index in [1.807, 2.05) is 0 Å². The van der Waals surface area contributed by atoms with Crippen LogP contribution in [0.4, 0.5) is 0 Å². The number of aliphatic carboxylic acids is 1. The summed E-state index contributed by atoms with van der Waals surface area (Å²) in [5, 5.41) is 38.1. The van der Waals surface area contributed by atoms with Crippen LogP contribution in [0, 0.1) is 0 Å². The fourth-order valence-electron chi connectivity index (χ4n) is 1.27. The van der Waals surface area contributed by atoms with E-state index in [9.17, 15) is 19.8 Å². The fraction of sp³-hybridized carbons (Fsp3) is 0.273. The van der Waals surface area contributed by atoms with Crippen molar-refractivity contribution in [3.8, 4) is 11.5 Å². The van der Waals surface area contributed by atoms with Gasteiger partial charge in [0.25, 0.3) is 5.91 Å². The fourth-order valence-corrected chi connectivity index (χ4v) is 1.27. The summed E-state index contributed by atoms with van der Waals surface area (Å²) >= 11 is 0. The molecule has 0 aliphatic carbocycles. The van der Waals surface area contributed by atoms with E-state index in [0.717, 1.165) is 18.2 Å². The number of rotatable bonds is 5. The molecule has 1 amide bonds. The number of carboxylic acid groups (broad SMARTS) is 1. The number of amides is 1. The molecule has 0 fully saturated rings. The number of phenolic OH excluding ortho intramolecular Hbond substituents is 2. The Morgan fingerprint density at radius 3 is 2.22 bits per heavy atom. The maximum Gasteiger partial charge on any atom is 0.332 e. The van der Waals surface area contributed by atoms with E-state index in [1.54, 1.807) is 0 Å². The van der Waals surface area contributed by atoms with E-state index in [0.29, 0.717) is 0 Å². The lowest BCUT2D eigenvalue weighted by Crippen LogP contribution is -2.30. The second kappa shape index (κ2) is 5.87. The molecule has 0 heterocycles. The van der Waals surface area contributed by atoms with Gasteiger partial charge in [-0.3, -0.25) is 4.79 Å². The third-order valence-corrected chi connectivity index (χ3v) is 2.15. The number of nitrogens with one attached hydrogen (secondary N) is 1. The van der Waals surface area contributed by atoms with Crippen molar-refractivity contribution >= 4 is 11.9 Å². The zero-order chi connectivity index (χ0) is 13.7. The normalized spacial score (nSPS) is 11.8. The number of aliphatic hydroxyl groups is 1. The minimum absolute atomic E-state index is 0.0390. The highest BCUT2D eigenvalue weighted by Crippen LogP contribution is 2.20. The molecule has 0 spiro atoms. The van der Waals surface area contributed by atoms with Gasteiger partial charge in [0.05, 0.1) is 0 Å². The minimum Gasteiger partial charge on any atom is -0.508 e. The standard InChI is InChI=1S/C11H13NO6/c13-7-3-6(4-8(14)5-7)10(16)12-2-1-9(15)11(17)18/h3-5,9,13-15H,1-2H2,(H,12,16)(H,17,18). The molecule has 5 N–H and O–H groups in total. The molecule has 98 valence electrons. The van der Waals surface area contributed by atoms with Crippen molar-refractivity contribution in [2.45, 2.75) is 12.5 Å². The summed E-state index contributed by atoms with van der Waals surface area (Å²) < 4.78 is 0. The predicted molar refractivity (Wildman–Crippen MR) is 60.4 cm³/mol. The number of aliphatic hydroxyl groups excluding tert-OH is 1. The number of aromatic hydroxyl groups is 2. The Kier molecular flexibility index (Phi) is 4.50. The Labute approximate surface area is 102 Å². The lowest BCUT2D eigenvalue weighted by molar-refractivity contribution is -0.146. The molecular weight excluding hydrogens is 242 g/mol. The summed E-state index contributed by atoms with van der Waals surface area (Å²) in [5.41, 5.74) is 0.0392. The molecule has 1 unspecified atom stereocenters. The molecule has 0 saturated heterocycles. The largest absolute Gasteiger partial charge is 0.508 e. The van der Waals surface area contributed by atoms with Crippen molar-refractivity contribution in [3.05, 3.63) is 23.8 Å². The third kappa shape index (κ3) is 3.95. The Morgan fingerprint density at radius 2 is 1.72 bits per heavy atom. The molecule has 1 aromatic carbocycles. The monoisotopic (exact) mass is 255 g/mol. The van der Waals surface area contributed by atoms with Crippen molar-refractivity contribution in [1.82, 2.24) is 5.32 Å². The lowest BCUT2D eigenvalue weighted by Gasteiger charge is -2.08. The van der Waals surface area contributed by atoms with Crippen LogP contribution in [0.2, 0.25) is 0 Å². The topological polar surface area (TPSA) is 127 Å². The van der Waals surface area contributed by atoms with Gasteiger partial charge in [0.1, 0.15) is 11.5 Å². The second-order valence-corrected chi connectivity index (χ2v) is 3.64. The van der Waals surface area contributed by atoms with Gasteiger partial charge in [-0.05, 0) is 12.1 Å². The van der Waals surface area contributed by atoms with Gasteiger partial charge in [-0.1, -0.05) is 0 Å². The maximum absolute atomic E-state index is 11.5. The van der Waals surface area contributed by atoms with Gasteiger partial charge >= 0.3 is 5.97 Å². The summed E-state index contributed by atoms with van der Waals surface area (Å²) in [5.74, 6) is -2.46. The van der Waals surface area contributed by atoms with Crippen LogP contribution in [-0.2, 0) is 4.79 Å². The summed E-state index contributed by atoms with van der Waals surface area (Å²) in [6.45, 7) is -0.0390. The molecule has 1 atom stereocenters. The molecule has 7 nitrogen and oxygen atoms in total. The van der Waals surface area contributed by atoms with Crippen molar-refractivity contribution < 1.29 is 30.0 Å². The van der Waals surface area contributed by atoms with Gasteiger partial charge in [0.15, 0.2) is 6.10 Å². The van der Waals surface area contributed by atoms with Crippen molar-refractivity contribution in [2.24, 2.45) is 0 Å². The lowest BCUT2D eigenvalue weighted by atomic mass is 10.2. The van der Waals surface area contributed by atoms with Crippen LogP contribution in [0.3, 0.4) is 0 Å². The molecule has 0 bridgehead atoms. The van der Waals surface area contributed by atoms with E-state index in [-0.39, 0.29) is 30.0 Å². The molecule has 0 aliphatic heterocycles. The van der Waals surface area contributed by atoms with Crippen molar-refractivity contribution in [1.29, 1.82) is 0 Å². The first-order chi connectivity index (χ1) is 8.40. The highest BCUT2D eigenvalue weighted by atomic mass is 16.4. The maximum atomic E-state index is 11.5. The quantitative estimate of drug-likeness (QED) is 0.490. The van der Waals surface area contributed by atoms with Crippen LogP contribution >= 0.6 is 0 Å². The van der Waals surface area contributed by atoms with Crippen LogP contribution in [0.1, 0.15) is 16.8 Å². The molecule has 0 radical (unpaired) electrons. The third-order valence-electron chi connectivity index (χ3n) is 2.15. The molecule has 1 aromatic rings. The Morgan fingerprint density at radius 1 is 1.17 bits per heavy atom. The summed E-state index contributed by atoms with van der Waals surface area (Å²) in [6.07, 6.45) is -1.67. The number of carbonyl (C=O) groups excluding carboxylic acids is 1. The summed E-state index contributed by atoms with van der Waals surface area (Å²) in [4.78, 5) is 21.8. The minimum atomic E-state index is -1.54. The number of carbonyl (C=O) groups is 2. The number of carboxylic acids is 1. The van der Waals surface area contributed by atoms with Crippen LogP contribution in [0.15, 0.2) is 18.2 Å². The van der Waals surface area contributed by atoms with Crippen LogP contribution in [0.25, 0.3) is 0 Å². The number of benzene rings is 1. The van der Waals surface area contributed by atoms with Crippen molar-refractivity contribution in [3.63, 3.8) is 0 Å². The molecule has 7 heteroatoms. The Bertz CT molecular complexity index is 439. The SMILES string of the molecule is O=C(NCCC(O)C(=O)O)c1cc(O)cc(O)c1. The molecular formula is C11H13NO6. The van der Waals surface area contributed by atoms with Gasteiger partial charge in [-0.2, -0.15) is 0 Å². The van der Waals surface area contributed by atoms with Crippen molar-refractivity contribution in [2.75, 3.05) is 6.54 Å². The number of hydrogen-bond donors (Lipinski definition) is 5. The van der Waals surface area contributed by atoms with E-state index < -0.39 is 18.0 Å². The highest BCUT2D eigenvalue weighted by molar-refractivity contribution is 5.95. The average Bonchev–Trinajstić information content (AvgIpc) is 2.27. The number of phenols is 2. The second-order valence-electron chi connectivity index (χ2n) is 3.64. The van der Waals surface area contributed by atoms with Gasteiger partial charge in [-0.15, -0.1) is 0 Å². The zero-order valence-electron chi connectivity index (χ0n) is 9.33. The molecule has 0 aliphatic rings. The van der Waals surface area contributed by atoms with Gasteiger partial charge in [-0.25, -0.2) is 4.79 Å². The highest BCUT2D eigenvalue weighted by Gasteiger charge is 2.14. The van der Waals surface area contributed by atoms with Crippen LogP contribution in [0.5, 0.6) is 11.5 Å². The molecule has 18 heavy (non-hydrogen) atoms. The first-order valence-corrected chi connectivity index (χ1v) is 5.12. The first kappa shape index (κ1) is 13.8. The summed E-state index contributed by atoms with van der Waals surface area (Å²) in [7, 11) is 0. The molecule has 0 aromatic heterocycles. The predicted octanol–water partition coefficient (Wildman–Crippen LogP) is -0.337. The van der Waals surface area contributed by atoms with Crippen LogP contribution in [-0.4, -0.2) is 45.0 Å². The smallest absolute Gasteiger partial charge is 0.332 e. The van der Waals surface area contributed by atoms with E-state index in [1.165, 1.54) is 0 Å². The number of hydrogen-bond acceptors (Lipinski definition) is 5. The molecule has 0 saturated carbocycles. The van der Waals surface area contributed by atoms with E-state index in [4.69, 9.17) is 10.2 Å². The van der Waals surface area contributed by atoms with E-state index >= 15 is 0 Å². The van der Waals surface area contributed by atoms with Gasteiger partial charge in [0.2, 0.25) is 0 Å². The van der Waals surface area contributed by atoms with E-state index in [2.05, 4.69) is 5.32 Å². The Hall–Kier alpha value is -2.28. The zero-order valence-corrected chi connectivity index (χ0v) is 9.33. The van der Waals surface area contributed by atoms with Crippen LogP contribution < -0.4 is 5.32 Å². The Balaban J connectivity index is 2.53. The first-order valence-electron chi connectivity index (χ1n) is 5.12. The van der Waals surface area contributed by atoms with Gasteiger partial charge in [0, 0.05) is 24.6 Å². The van der Waals surface area contributed by atoms with Gasteiger partial charge < -0.3 is 25.7 Å². The molecule has 1 rings (SSSR count). The average molecular weight is 255 g/mol.